The molecule has 10 nitrogen and oxygen atoms in total. The van der Waals surface area contributed by atoms with Gasteiger partial charge in [-0.15, -0.1) is 0 Å². The Morgan fingerprint density at radius 3 is 2.34 bits per heavy atom. The summed E-state index contributed by atoms with van der Waals surface area (Å²) in [4.78, 5) is 29.4. The molecule has 4 rings (SSSR count). The van der Waals surface area contributed by atoms with Gasteiger partial charge >= 0.3 is 12.2 Å². The molecule has 2 aromatic carbocycles. The van der Waals surface area contributed by atoms with Crippen LogP contribution in [0.3, 0.4) is 0 Å². The maximum atomic E-state index is 15.1. The zero-order valence-electron chi connectivity index (χ0n) is 21.8. The summed E-state index contributed by atoms with van der Waals surface area (Å²) in [5, 5.41) is 0. The van der Waals surface area contributed by atoms with Crippen molar-refractivity contribution in [3.8, 4) is 0 Å². The van der Waals surface area contributed by atoms with E-state index in [9.17, 15) is 18.0 Å². The van der Waals surface area contributed by atoms with Crippen LogP contribution in [-0.4, -0.2) is 76.5 Å². The minimum absolute atomic E-state index is 0.00821. The predicted octanol–water partition coefficient (Wildman–Crippen LogP) is 3.92. The lowest BCUT2D eigenvalue weighted by Crippen LogP contribution is -2.50. The molecule has 2 aliphatic heterocycles. The van der Waals surface area contributed by atoms with Crippen molar-refractivity contribution in [1.29, 1.82) is 0 Å². The van der Waals surface area contributed by atoms with Gasteiger partial charge in [0, 0.05) is 26.2 Å². The first-order chi connectivity index (χ1) is 17.8. The highest BCUT2D eigenvalue weighted by atomic mass is 32.2. The standard InChI is InChI=1S/C26H32FN3O7S/c1-18-5-8-21(9-6-18)38(33,34)35-17-20-16-30(25(32)36-20)19-7-10-23(22(27)15-19)28-11-13-29(14-12-28)24(31)37-26(2,3)4/h5-10,15,20H,11-14,16-17H2,1-4H3. The van der Waals surface area contributed by atoms with E-state index >= 15 is 4.39 Å². The summed E-state index contributed by atoms with van der Waals surface area (Å²) in [5.74, 6) is -0.525. The topological polar surface area (TPSA) is 106 Å². The van der Waals surface area contributed by atoms with Crippen LogP contribution in [0.25, 0.3) is 0 Å². The van der Waals surface area contributed by atoms with Gasteiger partial charge in [0.25, 0.3) is 10.1 Å². The maximum Gasteiger partial charge on any atom is 0.414 e. The number of carbonyl (C=O) groups excluding carboxylic acids is 2. The fourth-order valence-electron chi connectivity index (χ4n) is 4.13. The number of piperazine rings is 1. The number of aryl methyl sites for hydroxylation is 1. The Labute approximate surface area is 222 Å². The number of anilines is 2. The monoisotopic (exact) mass is 549 g/mol. The highest BCUT2D eigenvalue weighted by Gasteiger charge is 2.35. The van der Waals surface area contributed by atoms with Crippen LogP contribution >= 0.6 is 0 Å². The number of nitrogens with zero attached hydrogens (tertiary/aromatic N) is 3. The lowest BCUT2D eigenvalue weighted by molar-refractivity contribution is 0.0240. The van der Waals surface area contributed by atoms with E-state index in [1.165, 1.54) is 23.1 Å². The molecule has 0 aromatic heterocycles. The van der Waals surface area contributed by atoms with E-state index in [4.69, 9.17) is 13.7 Å². The molecule has 0 N–H and O–H groups in total. The van der Waals surface area contributed by atoms with Gasteiger partial charge in [-0.25, -0.2) is 14.0 Å². The molecule has 0 bridgehead atoms. The second-order valence-electron chi connectivity index (χ2n) is 10.3. The molecular weight excluding hydrogens is 517 g/mol. The van der Waals surface area contributed by atoms with E-state index in [0.29, 0.717) is 31.9 Å². The number of benzene rings is 2. The molecule has 0 spiro atoms. The normalized spacial score (nSPS) is 18.5. The Balaban J connectivity index is 1.34. The molecule has 2 aliphatic rings. The first-order valence-electron chi connectivity index (χ1n) is 12.3. The third-order valence-electron chi connectivity index (χ3n) is 6.11. The summed E-state index contributed by atoms with van der Waals surface area (Å²) < 4.78 is 55.7. The van der Waals surface area contributed by atoms with Crippen LogP contribution in [0.2, 0.25) is 0 Å². The molecule has 2 saturated heterocycles. The van der Waals surface area contributed by atoms with Crippen molar-refractivity contribution >= 4 is 33.7 Å². The van der Waals surface area contributed by atoms with Gasteiger partial charge in [0.15, 0.2) is 0 Å². The van der Waals surface area contributed by atoms with Crippen molar-refractivity contribution in [1.82, 2.24) is 4.90 Å². The molecule has 2 fully saturated rings. The molecule has 0 radical (unpaired) electrons. The van der Waals surface area contributed by atoms with Gasteiger partial charge in [-0.3, -0.25) is 9.08 Å². The van der Waals surface area contributed by atoms with Crippen LogP contribution in [0.15, 0.2) is 47.4 Å². The van der Waals surface area contributed by atoms with Crippen molar-refractivity contribution in [3.05, 3.63) is 53.8 Å². The molecule has 206 valence electrons. The number of carbonyl (C=O) groups is 2. The van der Waals surface area contributed by atoms with Crippen molar-refractivity contribution in [2.75, 3.05) is 49.1 Å². The molecule has 12 heteroatoms. The Morgan fingerprint density at radius 2 is 1.74 bits per heavy atom. The Morgan fingerprint density at radius 1 is 1.08 bits per heavy atom. The number of cyclic esters (lactones) is 1. The van der Waals surface area contributed by atoms with Crippen molar-refractivity contribution in [2.24, 2.45) is 0 Å². The highest BCUT2D eigenvalue weighted by molar-refractivity contribution is 7.86. The summed E-state index contributed by atoms with van der Waals surface area (Å²) in [5.41, 5.74) is 0.959. The summed E-state index contributed by atoms with van der Waals surface area (Å²) in [6.45, 7) is 8.53. The first-order valence-corrected chi connectivity index (χ1v) is 13.7. The molecule has 0 aliphatic carbocycles. The van der Waals surface area contributed by atoms with Crippen LogP contribution in [0.5, 0.6) is 0 Å². The zero-order valence-corrected chi connectivity index (χ0v) is 22.7. The smallest absolute Gasteiger partial charge is 0.414 e. The van der Waals surface area contributed by atoms with E-state index in [2.05, 4.69) is 0 Å². The van der Waals surface area contributed by atoms with Crippen molar-refractivity contribution in [3.63, 3.8) is 0 Å². The maximum absolute atomic E-state index is 15.1. The number of ether oxygens (including phenoxy) is 2. The average Bonchev–Trinajstić information content (AvgIpc) is 3.22. The molecule has 38 heavy (non-hydrogen) atoms. The number of amides is 2. The second kappa shape index (κ2) is 10.8. The van der Waals surface area contributed by atoms with Gasteiger partial charge < -0.3 is 19.3 Å². The summed E-state index contributed by atoms with van der Waals surface area (Å²) in [6, 6.07) is 10.6. The van der Waals surface area contributed by atoms with Crippen molar-refractivity contribution < 1.29 is 36.1 Å². The van der Waals surface area contributed by atoms with Gasteiger partial charge in [-0.1, -0.05) is 17.7 Å². The first kappa shape index (κ1) is 27.6. The summed E-state index contributed by atoms with van der Waals surface area (Å²) in [6.07, 6.45) is -1.96. The predicted molar refractivity (Wildman–Crippen MR) is 138 cm³/mol. The number of hydrogen-bond donors (Lipinski definition) is 0. The number of hydrogen-bond acceptors (Lipinski definition) is 8. The van der Waals surface area contributed by atoms with Crippen LogP contribution in [0, 0.1) is 12.7 Å². The van der Waals surface area contributed by atoms with Gasteiger partial charge in [0.1, 0.15) is 24.1 Å². The quantitative estimate of drug-likeness (QED) is 0.500. The average molecular weight is 550 g/mol. The lowest BCUT2D eigenvalue weighted by Gasteiger charge is -2.37. The SMILES string of the molecule is Cc1ccc(S(=O)(=O)OCC2CN(c3ccc(N4CCN(C(=O)OC(C)(C)C)CC4)c(F)c3)C(=O)O2)cc1. The molecule has 2 heterocycles. The van der Waals surface area contributed by atoms with E-state index in [-0.39, 0.29) is 23.7 Å². The summed E-state index contributed by atoms with van der Waals surface area (Å²) >= 11 is 0. The van der Waals surface area contributed by atoms with E-state index in [1.54, 1.807) is 49.9 Å². The minimum atomic E-state index is -4.02. The molecule has 2 aromatic rings. The van der Waals surface area contributed by atoms with E-state index < -0.39 is 39.8 Å². The number of rotatable bonds is 6. The number of halogens is 1. The van der Waals surface area contributed by atoms with Gasteiger partial charge in [0.2, 0.25) is 0 Å². The van der Waals surface area contributed by atoms with Crippen LogP contribution in [0.1, 0.15) is 26.3 Å². The minimum Gasteiger partial charge on any atom is -0.444 e. The molecule has 0 saturated carbocycles. The highest BCUT2D eigenvalue weighted by Crippen LogP contribution is 2.29. The second-order valence-corrected chi connectivity index (χ2v) is 11.9. The third-order valence-corrected chi connectivity index (χ3v) is 7.40. The Bertz CT molecular complexity index is 1290. The molecular formula is C26H32FN3O7S. The molecule has 1 unspecified atom stereocenters. The van der Waals surface area contributed by atoms with E-state index in [1.807, 2.05) is 11.8 Å². The van der Waals surface area contributed by atoms with Crippen LogP contribution in [0.4, 0.5) is 25.4 Å². The molecule has 2 amide bonds. The Kier molecular flexibility index (Phi) is 7.84. The van der Waals surface area contributed by atoms with Crippen LogP contribution in [-0.2, 0) is 23.8 Å². The zero-order chi connectivity index (χ0) is 27.7. The Hall–Kier alpha value is -3.38. The van der Waals surface area contributed by atoms with Gasteiger partial charge in [0.05, 0.1) is 22.8 Å². The third kappa shape index (κ3) is 6.54. The fraction of sp³-hybridized carbons (Fsp3) is 0.462. The summed E-state index contributed by atoms with van der Waals surface area (Å²) in [7, 11) is -4.02. The lowest BCUT2D eigenvalue weighted by atomic mass is 10.2. The van der Waals surface area contributed by atoms with Crippen molar-refractivity contribution in [2.45, 2.75) is 44.3 Å². The largest absolute Gasteiger partial charge is 0.444 e. The van der Waals surface area contributed by atoms with Crippen LogP contribution < -0.4 is 9.80 Å². The van der Waals surface area contributed by atoms with Gasteiger partial charge in [-0.05, 0) is 58.0 Å². The fourth-order valence-corrected chi connectivity index (χ4v) is 5.07. The van der Waals surface area contributed by atoms with Gasteiger partial charge in [-0.2, -0.15) is 8.42 Å². The molecule has 1 atom stereocenters. The van der Waals surface area contributed by atoms with E-state index in [0.717, 1.165) is 5.56 Å².